The van der Waals surface area contributed by atoms with Crippen molar-refractivity contribution in [2.45, 2.75) is 27.2 Å². The van der Waals surface area contributed by atoms with Crippen LogP contribution in [0, 0.1) is 20.8 Å². The van der Waals surface area contributed by atoms with Crippen LogP contribution in [-0.4, -0.2) is 23.4 Å². The minimum absolute atomic E-state index is 0.969. The Balaban J connectivity index is 2.50. The van der Waals surface area contributed by atoms with Crippen LogP contribution in [0.4, 0.5) is 0 Å². The number of nitrogens with zero attached hydrogens (tertiary/aromatic N) is 2. The van der Waals surface area contributed by atoms with Gasteiger partial charge >= 0.3 is 0 Å². The lowest BCUT2D eigenvalue weighted by Crippen LogP contribution is -2.13. The number of rotatable bonds is 4. The third-order valence-electron chi connectivity index (χ3n) is 3.75. The van der Waals surface area contributed by atoms with E-state index >= 15 is 0 Å². The maximum Gasteiger partial charge on any atom is 0.0674 e. The highest BCUT2D eigenvalue weighted by Gasteiger charge is 2.14. The molecule has 0 aliphatic heterocycles. The minimum Gasteiger partial charge on any atom is -0.319 e. The molecule has 1 aromatic carbocycles. The summed E-state index contributed by atoms with van der Waals surface area (Å²) in [4.78, 5) is 0. The highest BCUT2D eigenvalue weighted by molar-refractivity contribution is 5.69. The van der Waals surface area contributed by atoms with E-state index in [0.717, 1.165) is 18.7 Å². The second kappa shape index (κ2) is 5.57. The van der Waals surface area contributed by atoms with E-state index in [-0.39, 0.29) is 0 Å². The topological polar surface area (TPSA) is 29.9 Å². The smallest absolute Gasteiger partial charge is 0.0674 e. The zero-order chi connectivity index (χ0) is 14.0. The van der Waals surface area contributed by atoms with Gasteiger partial charge in [0.2, 0.25) is 0 Å². The van der Waals surface area contributed by atoms with E-state index in [1.807, 2.05) is 18.8 Å². The molecule has 0 saturated heterocycles. The predicted octanol–water partition coefficient (Wildman–Crippen LogP) is 2.77. The zero-order valence-electron chi connectivity index (χ0n) is 12.5. The van der Waals surface area contributed by atoms with Gasteiger partial charge in [0.05, 0.1) is 5.69 Å². The SMILES string of the molecule is CNCCc1c(-c2ccc(C)c(C)c2)c(C)nn1C. The van der Waals surface area contributed by atoms with Gasteiger partial charge < -0.3 is 5.32 Å². The average molecular weight is 257 g/mol. The first-order valence-corrected chi connectivity index (χ1v) is 6.79. The van der Waals surface area contributed by atoms with Crippen LogP contribution in [-0.2, 0) is 13.5 Å². The number of nitrogens with one attached hydrogen (secondary N) is 1. The number of aryl methyl sites for hydroxylation is 4. The summed E-state index contributed by atoms with van der Waals surface area (Å²) in [6.07, 6.45) is 0.996. The highest BCUT2D eigenvalue weighted by atomic mass is 15.3. The predicted molar refractivity (Wildman–Crippen MR) is 80.5 cm³/mol. The maximum absolute atomic E-state index is 4.58. The molecule has 19 heavy (non-hydrogen) atoms. The van der Waals surface area contributed by atoms with Crippen LogP contribution in [0.5, 0.6) is 0 Å². The van der Waals surface area contributed by atoms with Crippen molar-refractivity contribution in [3.8, 4) is 11.1 Å². The first kappa shape index (κ1) is 13.8. The Kier molecular flexibility index (Phi) is 4.05. The lowest BCUT2D eigenvalue weighted by atomic mass is 9.98. The Morgan fingerprint density at radius 3 is 2.53 bits per heavy atom. The number of hydrogen-bond donors (Lipinski definition) is 1. The van der Waals surface area contributed by atoms with Gasteiger partial charge in [0.15, 0.2) is 0 Å². The molecule has 0 unspecified atom stereocenters. The molecule has 0 saturated carbocycles. The molecule has 1 N–H and O–H groups in total. The lowest BCUT2D eigenvalue weighted by Gasteiger charge is -2.09. The minimum atomic E-state index is 0.969. The largest absolute Gasteiger partial charge is 0.319 e. The van der Waals surface area contributed by atoms with Gasteiger partial charge in [-0.2, -0.15) is 5.10 Å². The summed E-state index contributed by atoms with van der Waals surface area (Å²) in [6.45, 7) is 7.37. The summed E-state index contributed by atoms with van der Waals surface area (Å²) in [5.74, 6) is 0. The number of likely N-dealkylation sites (N-methyl/N-ethyl adjacent to an activating group) is 1. The Bertz CT molecular complexity index is 582. The molecule has 0 radical (unpaired) electrons. The molecule has 0 spiro atoms. The van der Waals surface area contributed by atoms with Crippen molar-refractivity contribution in [3.63, 3.8) is 0 Å². The van der Waals surface area contributed by atoms with Crippen molar-refractivity contribution >= 4 is 0 Å². The van der Waals surface area contributed by atoms with Gasteiger partial charge in [-0.05, 0) is 44.5 Å². The standard InChI is InChI=1S/C16H23N3/c1-11-6-7-14(10-12(11)2)16-13(3)18-19(5)15(16)8-9-17-4/h6-7,10,17H,8-9H2,1-5H3. The fraction of sp³-hybridized carbons (Fsp3) is 0.438. The Morgan fingerprint density at radius 2 is 1.89 bits per heavy atom. The van der Waals surface area contributed by atoms with Crippen LogP contribution in [0.1, 0.15) is 22.5 Å². The second-order valence-corrected chi connectivity index (χ2v) is 5.18. The molecule has 0 amide bonds. The fourth-order valence-electron chi connectivity index (χ4n) is 2.51. The van der Waals surface area contributed by atoms with Crippen molar-refractivity contribution in [1.29, 1.82) is 0 Å². The molecule has 0 bridgehead atoms. The molecule has 1 aromatic heterocycles. The van der Waals surface area contributed by atoms with E-state index in [4.69, 9.17) is 0 Å². The van der Waals surface area contributed by atoms with E-state index in [1.54, 1.807) is 0 Å². The number of hydrogen-bond acceptors (Lipinski definition) is 2. The molecular formula is C16H23N3. The van der Waals surface area contributed by atoms with Crippen LogP contribution < -0.4 is 5.32 Å². The van der Waals surface area contributed by atoms with Crippen molar-refractivity contribution in [2.75, 3.05) is 13.6 Å². The molecule has 3 heteroatoms. The van der Waals surface area contributed by atoms with Gasteiger partial charge in [0, 0.05) is 31.3 Å². The summed E-state index contributed by atoms with van der Waals surface area (Å²) in [5.41, 5.74) is 7.65. The van der Waals surface area contributed by atoms with Crippen LogP contribution in [0.25, 0.3) is 11.1 Å². The molecule has 2 rings (SSSR count). The van der Waals surface area contributed by atoms with Crippen LogP contribution in [0.3, 0.4) is 0 Å². The third kappa shape index (κ3) is 2.71. The van der Waals surface area contributed by atoms with E-state index in [9.17, 15) is 0 Å². The van der Waals surface area contributed by atoms with Gasteiger partial charge in [0.1, 0.15) is 0 Å². The summed E-state index contributed by atoms with van der Waals surface area (Å²) < 4.78 is 2.01. The molecule has 0 fully saturated rings. The summed E-state index contributed by atoms with van der Waals surface area (Å²) >= 11 is 0. The molecule has 0 aliphatic rings. The average Bonchev–Trinajstić information content (AvgIpc) is 2.65. The van der Waals surface area contributed by atoms with E-state index in [1.165, 1.54) is 27.9 Å². The number of benzene rings is 1. The van der Waals surface area contributed by atoms with E-state index in [2.05, 4.69) is 49.4 Å². The molecule has 0 aliphatic carbocycles. The van der Waals surface area contributed by atoms with Gasteiger partial charge in [-0.15, -0.1) is 0 Å². The van der Waals surface area contributed by atoms with Crippen molar-refractivity contribution in [1.82, 2.24) is 15.1 Å². The molecule has 0 atom stereocenters. The zero-order valence-corrected chi connectivity index (χ0v) is 12.5. The molecule has 2 aromatic rings. The normalized spacial score (nSPS) is 11.0. The Morgan fingerprint density at radius 1 is 1.16 bits per heavy atom. The van der Waals surface area contributed by atoms with Crippen molar-refractivity contribution < 1.29 is 0 Å². The summed E-state index contributed by atoms with van der Waals surface area (Å²) in [6, 6.07) is 6.66. The monoisotopic (exact) mass is 257 g/mol. The van der Waals surface area contributed by atoms with Crippen LogP contribution in [0.15, 0.2) is 18.2 Å². The van der Waals surface area contributed by atoms with E-state index < -0.39 is 0 Å². The number of aromatic nitrogens is 2. The van der Waals surface area contributed by atoms with Gasteiger partial charge in [-0.1, -0.05) is 18.2 Å². The van der Waals surface area contributed by atoms with Crippen molar-refractivity contribution in [2.24, 2.45) is 7.05 Å². The van der Waals surface area contributed by atoms with Gasteiger partial charge in [-0.25, -0.2) is 0 Å². The Hall–Kier alpha value is -1.61. The van der Waals surface area contributed by atoms with E-state index in [0.29, 0.717) is 0 Å². The molecule has 1 heterocycles. The first-order valence-electron chi connectivity index (χ1n) is 6.79. The Labute approximate surface area is 115 Å². The quantitative estimate of drug-likeness (QED) is 0.912. The summed E-state index contributed by atoms with van der Waals surface area (Å²) in [7, 11) is 4.02. The second-order valence-electron chi connectivity index (χ2n) is 5.18. The van der Waals surface area contributed by atoms with Gasteiger partial charge in [0.25, 0.3) is 0 Å². The first-order chi connectivity index (χ1) is 9.04. The van der Waals surface area contributed by atoms with Gasteiger partial charge in [-0.3, -0.25) is 4.68 Å². The lowest BCUT2D eigenvalue weighted by molar-refractivity contribution is 0.678. The highest BCUT2D eigenvalue weighted by Crippen LogP contribution is 2.28. The molecule has 102 valence electrons. The third-order valence-corrected chi connectivity index (χ3v) is 3.75. The summed E-state index contributed by atoms with van der Waals surface area (Å²) in [5, 5.41) is 7.79. The molecular weight excluding hydrogens is 234 g/mol. The maximum atomic E-state index is 4.58. The van der Waals surface area contributed by atoms with Crippen LogP contribution >= 0.6 is 0 Å². The molecule has 3 nitrogen and oxygen atoms in total. The van der Waals surface area contributed by atoms with Crippen LogP contribution in [0.2, 0.25) is 0 Å². The fourth-order valence-corrected chi connectivity index (χ4v) is 2.51. The van der Waals surface area contributed by atoms with Crippen molar-refractivity contribution in [3.05, 3.63) is 40.7 Å².